The second-order valence-electron chi connectivity index (χ2n) is 4.98. The van der Waals surface area contributed by atoms with Gasteiger partial charge in [0.15, 0.2) is 0 Å². The number of nitrogen functional groups attached to an aromatic ring is 1. The van der Waals surface area contributed by atoms with E-state index >= 15 is 0 Å². The molecule has 0 bridgehead atoms. The van der Waals surface area contributed by atoms with Crippen LogP contribution in [0.4, 0.5) is 5.82 Å². The SMILES string of the molecule is Cn1ncc(CNC(=O)CCC2CCCCO2)c1N. The Labute approximate surface area is 113 Å². The molecule has 0 saturated carbocycles. The summed E-state index contributed by atoms with van der Waals surface area (Å²) in [7, 11) is 1.78. The molecule has 1 amide bonds. The number of aromatic nitrogens is 2. The topological polar surface area (TPSA) is 82.2 Å². The lowest BCUT2D eigenvalue weighted by Crippen LogP contribution is -2.26. The van der Waals surface area contributed by atoms with Crippen molar-refractivity contribution in [2.75, 3.05) is 12.3 Å². The molecule has 6 heteroatoms. The summed E-state index contributed by atoms with van der Waals surface area (Å²) in [6.45, 7) is 1.27. The molecule has 6 nitrogen and oxygen atoms in total. The van der Waals surface area contributed by atoms with E-state index in [1.165, 1.54) is 6.42 Å². The molecule has 1 saturated heterocycles. The number of amides is 1. The number of carbonyl (C=O) groups excluding carboxylic acids is 1. The molecule has 1 unspecified atom stereocenters. The molecular formula is C13H22N4O2. The Morgan fingerprint density at radius 1 is 1.63 bits per heavy atom. The fourth-order valence-electron chi connectivity index (χ4n) is 2.24. The maximum Gasteiger partial charge on any atom is 0.220 e. The van der Waals surface area contributed by atoms with Crippen LogP contribution in [0, 0.1) is 0 Å². The molecule has 2 rings (SSSR count). The second kappa shape index (κ2) is 6.56. The minimum Gasteiger partial charge on any atom is -0.384 e. The van der Waals surface area contributed by atoms with Gasteiger partial charge in [-0.1, -0.05) is 0 Å². The fraction of sp³-hybridized carbons (Fsp3) is 0.692. The van der Waals surface area contributed by atoms with Crippen LogP contribution < -0.4 is 11.1 Å². The van der Waals surface area contributed by atoms with Crippen LogP contribution in [-0.4, -0.2) is 28.4 Å². The zero-order chi connectivity index (χ0) is 13.7. The number of hydrogen-bond donors (Lipinski definition) is 2. The molecule has 0 aromatic carbocycles. The predicted molar refractivity (Wildman–Crippen MR) is 72.3 cm³/mol. The highest BCUT2D eigenvalue weighted by molar-refractivity contribution is 5.76. The van der Waals surface area contributed by atoms with E-state index in [2.05, 4.69) is 10.4 Å². The number of aryl methyl sites for hydroxylation is 1. The van der Waals surface area contributed by atoms with Crippen LogP contribution in [-0.2, 0) is 23.1 Å². The monoisotopic (exact) mass is 266 g/mol. The summed E-state index contributed by atoms with van der Waals surface area (Å²) in [5, 5.41) is 6.90. The molecule has 106 valence electrons. The Balaban J connectivity index is 1.68. The Hall–Kier alpha value is -1.56. The first-order valence-corrected chi connectivity index (χ1v) is 6.81. The van der Waals surface area contributed by atoms with Gasteiger partial charge < -0.3 is 15.8 Å². The van der Waals surface area contributed by atoms with E-state index in [0.29, 0.717) is 18.8 Å². The largest absolute Gasteiger partial charge is 0.384 e. The van der Waals surface area contributed by atoms with Crippen LogP contribution in [0.3, 0.4) is 0 Å². The Bertz CT molecular complexity index is 424. The smallest absolute Gasteiger partial charge is 0.220 e. The molecule has 1 fully saturated rings. The third-order valence-electron chi connectivity index (χ3n) is 3.51. The number of anilines is 1. The van der Waals surface area contributed by atoms with Gasteiger partial charge in [-0.25, -0.2) is 0 Å². The molecule has 19 heavy (non-hydrogen) atoms. The minimum atomic E-state index is 0.0393. The first-order chi connectivity index (χ1) is 9.16. The quantitative estimate of drug-likeness (QED) is 0.832. The summed E-state index contributed by atoms with van der Waals surface area (Å²) in [4.78, 5) is 11.7. The number of carbonyl (C=O) groups is 1. The molecule has 3 N–H and O–H groups in total. The van der Waals surface area contributed by atoms with Gasteiger partial charge in [-0.15, -0.1) is 0 Å². The van der Waals surface area contributed by atoms with Crippen molar-refractivity contribution < 1.29 is 9.53 Å². The van der Waals surface area contributed by atoms with Crippen LogP contribution in [0.2, 0.25) is 0 Å². The standard InChI is InChI=1S/C13H22N4O2/c1-17-13(14)10(9-16-17)8-15-12(18)6-5-11-4-2-3-7-19-11/h9,11H,2-8,14H2,1H3,(H,15,18). The van der Waals surface area contributed by atoms with Gasteiger partial charge in [0, 0.05) is 32.2 Å². The maximum atomic E-state index is 11.7. The number of rotatable bonds is 5. The van der Waals surface area contributed by atoms with Crippen molar-refractivity contribution in [2.45, 2.75) is 44.8 Å². The third kappa shape index (κ3) is 3.96. The fourth-order valence-corrected chi connectivity index (χ4v) is 2.24. The zero-order valence-electron chi connectivity index (χ0n) is 11.4. The van der Waals surface area contributed by atoms with Crippen molar-refractivity contribution >= 4 is 11.7 Å². The van der Waals surface area contributed by atoms with Gasteiger partial charge in [0.1, 0.15) is 5.82 Å². The van der Waals surface area contributed by atoms with Gasteiger partial charge in [-0.05, 0) is 25.7 Å². The van der Waals surface area contributed by atoms with Gasteiger partial charge in [-0.2, -0.15) is 5.10 Å². The Morgan fingerprint density at radius 3 is 3.11 bits per heavy atom. The van der Waals surface area contributed by atoms with Crippen LogP contribution >= 0.6 is 0 Å². The number of ether oxygens (including phenoxy) is 1. The lowest BCUT2D eigenvalue weighted by atomic mass is 10.0. The number of nitrogens with two attached hydrogens (primary N) is 1. The van der Waals surface area contributed by atoms with Gasteiger partial charge >= 0.3 is 0 Å². The average molecular weight is 266 g/mol. The summed E-state index contributed by atoms with van der Waals surface area (Å²) < 4.78 is 7.19. The number of nitrogens with one attached hydrogen (secondary N) is 1. The van der Waals surface area contributed by atoms with Gasteiger partial charge in [-0.3, -0.25) is 9.48 Å². The average Bonchev–Trinajstić information content (AvgIpc) is 2.75. The van der Waals surface area contributed by atoms with E-state index < -0.39 is 0 Å². The van der Waals surface area contributed by atoms with Crippen molar-refractivity contribution in [3.8, 4) is 0 Å². The maximum absolute atomic E-state index is 11.7. The zero-order valence-corrected chi connectivity index (χ0v) is 11.4. The molecule has 1 aromatic heterocycles. The summed E-state index contributed by atoms with van der Waals surface area (Å²) in [6, 6.07) is 0. The predicted octanol–water partition coefficient (Wildman–Crippen LogP) is 0.968. The molecule has 1 aromatic rings. The van der Waals surface area contributed by atoms with E-state index in [4.69, 9.17) is 10.5 Å². The highest BCUT2D eigenvalue weighted by Gasteiger charge is 2.15. The normalized spacial score (nSPS) is 19.3. The van der Waals surface area contributed by atoms with Crippen molar-refractivity contribution in [3.63, 3.8) is 0 Å². The van der Waals surface area contributed by atoms with E-state index in [-0.39, 0.29) is 12.0 Å². The van der Waals surface area contributed by atoms with Crippen molar-refractivity contribution in [3.05, 3.63) is 11.8 Å². The highest BCUT2D eigenvalue weighted by Crippen LogP contribution is 2.17. The minimum absolute atomic E-state index is 0.0393. The first-order valence-electron chi connectivity index (χ1n) is 6.81. The molecule has 0 spiro atoms. The molecule has 0 aliphatic carbocycles. The van der Waals surface area contributed by atoms with Crippen molar-refractivity contribution in [2.24, 2.45) is 7.05 Å². The molecular weight excluding hydrogens is 244 g/mol. The van der Waals surface area contributed by atoms with Gasteiger partial charge in [0.25, 0.3) is 0 Å². The van der Waals surface area contributed by atoms with Crippen LogP contribution in [0.25, 0.3) is 0 Å². The van der Waals surface area contributed by atoms with E-state index in [1.54, 1.807) is 17.9 Å². The van der Waals surface area contributed by atoms with Gasteiger partial charge in [0.2, 0.25) is 5.91 Å². The van der Waals surface area contributed by atoms with E-state index in [1.807, 2.05) is 0 Å². The number of hydrogen-bond acceptors (Lipinski definition) is 4. The summed E-state index contributed by atoms with van der Waals surface area (Å²) in [5.74, 6) is 0.633. The van der Waals surface area contributed by atoms with E-state index in [9.17, 15) is 4.79 Å². The summed E-state index contributed by atoms with van der Waals surface area (Å²) in [5.41, 5.74) is 6.66. The Morgan fingerprint density at radius 2 is 2.47 bits per heavy atom. The number of nitrogens with zero attached hydrogens (tertiary/aromatic N) is 2. The lowest BCUT2D eigenvalue weighted by Gasteiger charge is -2.22. The second-order valence-corrected chi connectivity index (χ2v) is 4.98. The van der Waals surface area contributed by atoms with Crippen molar-refractivity contribution in [1.29, 1.82) is 0 Å². The molecule has 0 radical (unpaired) electrons. The van der Waals surface area contributed by atoms with Crippen LogP contribution in [0.1, 0.15) is 37.7 Å². The Kier molecular flexibility index (Phi) is 4.79. The lowest BCUT2D eigenvalue weighted by molar-refractivity contribution is -0.122. The summed E-state index contributed by atoms with van der Waals surface area (Å²) in [6.07, 6.45) is 6.66. The molecule has 1 atom stereocenters. The molecule has 1 aliphatic heterocycles. The highest BCUT2D eigenvalue weighted by atomic mass is 16.5. The van der Waals surface area contributed by atoms with E-state index in [0.717, 1.165) is 31.4 Å². The van der Waals surface area contributed by atoms with Crippen LogP contribution in [0.15, 0.2) is 6.20 Å². The first kappa shape index (κ1) is 13.9. The summed E-state index contributed by atoms with van der Waals surface area (Å²) >= 11 is 0. The van der Waals surface area contributed by atoms with Crippen LogP contribution in [0.5, 0.6) is 0 Å². The third-order valence-corrected chi connectivity index (χ3v) is 3.51. The van der Waals surface area contributed by atoms with Gasteiger partial charge in [0.05, 0.1) is 12.3 Å². The van der Waals surface area contributed by atoms with Crippen molar-refractivity contribution in [1.82, 2.24) is 15.1 Å². The molecule has 1 aliphatic rings. The molecule has 2 heterocycles.